The smallest absolute Gasteiger partial charge is 0.250 e. The topological polar surface area (TPSA) is 69.9 Å². The van der Waals surface area contributed by atoms with Gasteiger partial charge in [0.15, 0.2) is 0 Å². The van der Waals surface area contributed by atoms with E-state index < -0.39 is 0 Å². The maximum atomic E-state index is 12.0. The molecule has 2 aliphatic carbocycles. The van der Waals surface area contributed by atoms with Crippen LogP contribution in [0.4, 0.5) is 0 Å². The number of pyridine rings is 2. The highest BCUT2D eigenvalue weighted by molar-refractivity contribution is 5.67. The lowest BCUT2D eigenvalue weighted by molar-refractivity contribution is 0.285. The van der Waals surface area contributed by atoms with Crippen LogP contribution in [0.1, 0.15) is 41.5 Å². The van der Waals surface area contributed by atoms with Crippen molar-refractivity contribution in [3.8, 4) is 17.0 Å². The van der Waals surface area contributed by atoms with Crippen LogP contribution in [0, 0.1) is 12.8 Å². The number of aromatic nitrogens is 4. The zero-order valence-electron chi connectivity index (χ0n) is 16.8. The molecule has 2 atom stereocenters. The van der Waals surface area contributed by atoms with Crippen molar-refractivity contribution in [2.45, 2.75) is 38.5 Å². The van der Waals surface area contributed by atoms with Crippen LogP contribution < -0.4 is 10.3 Å². The van der Waals surface area contributed by atoms with E-state index in [-0.39, 0.29) is 5.56 Å². The van der Waals surface area contributed by atoms with Crippen molar-refractivity contribution in [3.05, 3.63) is 69.8 Å². The van der Waals surface area contributed by atoms with Crippen LogP contribution in [0.15, 0.2) is 41.5 Å². The third kappa shape index (κ3) is 3.55. The van der Waals surface area contributed by atoms with Gasteiger partial charge in [-0.05, 0) is 55.9 Å². The summed E-state index contributed by atoms with van der Waals surface area (Å²) in [6, 6.07) is 7.92. The molecule has 0 unspecified atom stereocenters. The minimum absolute atomic E-state index is 0.0704. The van der Waals surface area contributed by atoms with E-state index in [9.17, 15) is 4.79 Å². The molecule has 0 saturated heterocycles. The number of aryl methyl sites for hydroxylation is 4. The Kier molecular flexibility index (Phi) is 4.42. The van der Waals surface area contributed by atoms with E-state index in [0.717, 1.165) is 30.4 Å². The number of fused-ring (bicyclic) bond motifs is 1. The fourth-order valence-electron chi connectivity index (χ4n) is 4.10. The lowest BCUT2D eigenvalue weighted by Crippen LogP contribution is -2.14. The summed E-state index contributed by atoms with van der Waals surface area (Å²) < 4.78 is 7.66. The number of nitrogens with zero attached hydrogens (tertiary/aromatic N) is 4. The van der Waals surface area contributed by atoms with Crippen molar-refractivity contribution in [3.63, 3.8) is 0 Å². The van der Waals surface area contributed by atoms with E-state index in [2.05, 4.69) is 22.1 Å². The van der Waals surface area contributed by atoms with Gasteiger partial charge in [0.1, 0.15) is 5.82 Å². The van der Waals surface area contributed by atoms with E-state index >= 15 is 0 Å². The first-order valence-corrected chi connectivity index (χ1v) is 10.2. The molecular weight excluding hydrogens is 364 g/mol. The van der Waals surface area contributed by atoms with E-state index in [1.807, 2.05) is 13.0 Å². The Morgan fingerprint density at radius 2 is 2.10 bits per heavy atom. The second-order valence-corrected chi connectivity index (χ2v) is 8.11. The molecular formula is C23H24N4O2. The predicted octanol–water partition coefficient (Wildman–Crippen LogP) is 3.22. The third-order valence-corrected chi connectivity index (χ3v) is 5.98. The fourth-order valence-corrected chi connectivity index (χ4v) is 4.10. The summed E-state index contributed by atoms with van der Waals surface area (Å²) in [6.45, 7) is 2.44. The second-order valence-electron chi connectivity index (χ2n) is 8.11. The molecule has 0 N–H and O–H groups in total. The molecule has 0 radical (unpaired) electrons. The molecule has 6 nitrogen and oxygen atoms in total. The van der Waals surface area contributed by atoms with Crippen LogP contribution in [-0.2, 0) is 19.9 Å². The first kappa shape index (κ1) is 18.0. The van der Waals surface area contributed by atoms with Crippen molar-refractivity contribution in [2.75, 3.05) is 6.61 Å². The van der Waals surface area contributed by atoms with Crippen LogP contribution in [0.2, 0.25) is 0 Å². The lowest BCUT2D eigenvalue weighted by atomic mass is 10.1. The summed E-state index contributed by atoms with van der Waals surface area (Å²) in [5.74, 6) is 2.11. The maximum Gasteiger partial charge on any atom is 0.250 e. The normalized spacial score (nSPS) is 19.8. The zero-order chi connectivity index (χ0) is 20.0. The molecule has 0 bridgehead atoms. The number of rotatable bonds is 5. The van der Waals surface area contributed by atoms with Crippen molar-refractivity contribution >= 4 is 0 Å². The first-order valence-electron chi connectivity index (χ1n) is 10.2. The highest BCUT2D eigenvalue weighted by Gasteiger charge is 2.40. The van der Waals surface area contributed by atoms with Gasteiger partial charge in [-0.1, -0.05) is 6.07 Å². The van der Waals surface area contributed by atoms with Crippen LogP contribution in [0.25, 0.3) is 11.1 Å². The molecule has 5 rings (SSSR count). The average molecular weight is 388 g/mol. The van der Waals surface area contributed by atoms with Gasteiger partial charge in [-0.25, -0.2) is 4.98 Å². The Bertz CT molecular complexity index is 1140. The number of hydrogen-bond donors (Lipinski definition) is 0. The summed E-state index contributed by atoms with van der Waals surface area (Å²) in [5, 5.41) is 0. The maximum absolute atomic E-state index is 12.0. The Balaban J connectivity index is 1.32. The molecule has 3 heterocycles. The molecule has 2 aliphatic rings. The molecule has 1 saturated carbocycles. The summed E-state index contributed by atoms with van der Waals surface area (Å²) in [5.41, 5.74) is 5.35. The molecule has 0 aliphatic heterocycles. The SMILES string of the molecule is Cc1ncc(-c2ccn(C)c(=O)c2)c(OC[C@H]2C[C@@H]2c2ccc3c(n2)CCC3)n1. The van der Waals surface area contributed by atoms with Gasteiger partial charge >= 0.3 is 0 Å². The summed E-state index contributed by atoms with van der Waals surface area (Å²) in [7, 11) is 1.73. The third-order valence-electron chi connectivity index (χ3n) is 5.98. The van der Waals surface area contributed by atoms with Gasteiger partial charge < -0.3 is 9.30 Å². The molecule has 3 aromatic heterocycles. The summed E-state index contributed by atoms with van der Waals surface area (Å²) >= 11 is 0. The predicted molar refractivity (Wildman–Crippen MR) is 110 cm³/mol. The number of ether oxygens (including phenoxy) is 1. The summed E-state index contributed by atoms with van der Waals surface area (Å²) in [6.07, 6.45) is 8.07. The van der Waals surface area contributed by atoms with Crippen LogP contribution in [-0.4, -0.2) is 26.1 Å². The van der Waals surface area contributed by atoms with Crippen LogP contribution in [0.3, 0.4) is 0 Å². The van der Waals surface area contributed by atoms with E-state index in [1.54, 1.807) is 25.5 Å². The minimum atomic E-state index is -0.0704. The highest BCUT2D eigenvalue weighted by Crippen LogP contribution is 2.47. The Hall–Kier alpha value is -3.02. The fraction of sp³-hybridized carbons (Fsp3) is 0.391. The van der Waals surface area contributed by atoms with E-state index in [1.165, 1.54) is 27.9 Å². The molecule has 6 heteroatoms. The first-order chi connectivity index (χ1) is 14.1. The molecule has 0 amide bonds. The molecule has 29 heavy (non-hydrogen) atoms. The van der Waals surface area contributed by atoms with E-state index in [4.69, 9.17) is 9.72 Å². The average Bonchev–Trinajstić information content (AvgIpc) is 3.34. The van der Waals surface area contributed by atoms with Gasteiger partial charge in [0.25, 0.3) is 5.56 Å². The molecule has 0 spiro atoms. The summed E-state index contributed by atoms with van der Waals surface area (Å²) in [4.78, 5) is 25.7. The van der Waals surface area contributed by atoms with Gasteiger partial charge in [0, 0.05) is 48.7 Å². The molecule has 1 fully saturated rings. The van der Waals surface area contributed by atoms with Crippen molar-refractivity contribution in [2.24, 2.45) is 13.0 Å². The molecule has 0 aromatic carbocycles. The quantitative estimate of drug-likeness (QED) is 0.671. The Morgan fingerprint density at radius 1 is 1.21 bits per heavy atom. The van der Waals surface area contributed by atoms with Gasteiger partial charge in [-0.15, -0.1) is 0 Å². The molecule has 3 aromatic rings. The van der Waals surface area contributed by atoms with Gasteiger partial charge in [-0.3, -0.25) is 9.78 Å². The largest absolute Gasteiger partial charge is 0.477 e. The monoisotopic (exact) mass is 388 g/mol. The minimum Gasteiger partial charge on any atom is -0.477 e. The van der Waals surface area contributed by atoms with Crippen molar-refractivity contribution in [1.29, 1.82) is 0 Å². The highest BCUT2D eigenvalue weighted by atomic mass is 16.5. The standard InChI is InChI=1S/C23H24N4O2/c1-14-24-12-19(16-8-9-27(2)22(28)11-16)23(25-14)29-13-17-10-18(17)21-7-6-15-4-3-5-20(15)26-21/h6-9,11-12,17-18H,3-5,10,13H2,1-2H3/t17-,18+/m1/s1. The van der Waals surface area contributed by atoms with Crippen molar-refractivity contribution in [1.82, 2.24) is 19.5 Å². The van der Waals surface area contributed by atoms with Gasteiger partial charge in [0.05, 0.1) is 12.2 Å². The number of hydrogen-bond acceptors (Lipinski definition) is 5. The van der Waals surface area contributed by atoms with Crippen LogP contribution in [0.5, 0.6) is 5.88 Å². The Morgan fingerprint density at radius 3 is 2.97 bits per heavy atom. The van der Waals surface area contributed by atoms with Gasteiger partial charge in [0.2, 0.25) is 5.88 Å². The zero-order valence-corrected chi connectivity index (χ0v) is 16.8. The second kappa shape index (κ2) is 7.10. The van der Waals surface area contributed by atoms with Crippen LogP contribution >= 0.6 is 0 Å². The Labute approximate surface area is 169 Å². The molecule has 148 valence electrons. The lowest BCUT2D eigenvalue weighted by Gasteiger charge is -2.11. The van der Waals surface area contributed by atoms with Gasteiger partial charge in [-0.2, -0.15) is 4.98 Å². The van der Waals surface area contributed by atoms with E-state index in [0.29, 0.717) is 30.1 Å². The van der Waals surface area contributed by atoms with Crippen molar-refractivity contribution < 1.29 is 4.74 Å².